The Kier molecular flexibility index (Phi) is 3.21. The van der Waals surface area contributed by atoms with Gasteiger partial charge in [0, 0.05) is 18.4 Å². The smallest absolute Gasteiger partial charge is 0.179 e. The van der Waals surface area contributed by atoms with E-state index in [1.807, 2.05) is 10.6 Å². The zero-order valence-corrected chi connectivity index (χ0v) is 10.4. The molecule has 1 N–H and O–H groups in total. The molecule has 1 fully saturated rings. The van der Waals surface area contributed by atoms with E-state index in [-0.39, 0.29) is 5.92 Å². The minimum atomic E-state index is 0.258. The monoisotopic (exact) mass is 247 g/mol. The van der Waals surface area contributed by atoms with Gasteiger partial charge in [-0.25, -0.2) is 0 Å². The highest BCUT2D eigenvalue weighted by Crippen LogP contribution is 2.24. The average molecular weight is 247 g/mol. The molecule has 18 heavy (non-hydrogen) atoms. The first-order chi connectivity index (χ1) is 8.90. The van der Waals surface area contributed by atoms with Gasteiger partial charge in [0.1, 0.15) is 5.82 Å². The van der Waals surface area contributed by atoms with Crippen molar-refractivity contribution in [3.63, 3.8) is 0 Å². The summed E-state index contributed by atoms with van der Waals surface area (Å²) in [7, 11) is 0. The third-order valence-corrected chi connectivity index (χ3v) is 3.31. The number of fused-ring (bicyclic) bond motifs is 1. The highest BCUT2D eigenvalue weighted by molar-refractivity contribution is 5.34. The number of ether oxygens (including phenoxy) is 1. The molecule has 2 atom stereocenters. The first-order valence-corrected chi connectivity index (χ1v) is 6.36. The Morgan fingerprint density at radius 2 is 2.39 bits per heavy atom. The molecule has 0 aliphatic carbocycles. The standard InChI is InChI=1S/C12H17N5O/c1-2-3-14-10-8-18-7-9(10)12-16-15-11-6-13-4-5-17(11)12/h4-6,9-10,14H,2-3,7-8H2,1H3. The van der Waals surface area contributed by atoms with E-state index in [9.17, 15) is 0 Å². The quantitative estimate of drug-likeness (QED) is 0.857. The predicted molar refractivity (Wildman–Crippen MR) is 66.4 cm³/mol. The number of nitrogens with zero attached hydrogens (tertiary/aromatic N) is 4. The molecule has 0 aromatic carbocycles. The second-order valence-corrected chi connectivity index (χ2v) is 4.57. The molecule has 1 aliphatic heterocycles. The van der Waals surface area contributed by atoms with Crippen LogP contribution in [0.2, 0.25) is 0 Å². The summed E-state index contributed by atoms with van der Waals surface area (Å²) in [6.45, 7) is 4.61. The van der Waals surface area contributed by atoms with Crippen LogP contribution in [0.15, 0.2) is 18.6 Å². The first-order valence-electron chi connectivity index (χ1n) is 6.36. The van der Waals surface area contributed by atoms with Crippen LogP contribution >= 0.6 is 0 Å². The maximum absolute atomic E-state index is 5.58. The zero-order valence-electron chi connectivity index (χ0n) is 10.4. The van der Waals surface area contributed by atoms with E-state index in [1.165, 1.54) is 0 Å². The fourth-order valence-electron chi connectivity index (χ4n) is 2.36. The lowest BCUT2D eigenvalue weighted by atomic mass is 10.0. The largest absolute Gasteiger partial charge is 0.379 e. The number of rotatable bonds is 4. The van der Waals surface area contributed by atoms with Gasteiger partial charge in [0.2, 0.25) is 0 Å². The predicted octanol–water partition coefficient (Wildman–Crippen LogP) is 0.606. The van der Waals surface area contributed by atoms with Gasteiger partial charge in [-0.1, -0.05) is 6.92 Å². The Labute approximate surface area is 105 Å². The minimum Gasteiger partial charge on any atom is -0.379 e. The summed E-state index contributed by atoms with van der Waals surface area (Å²) in [5, 5.41) is 11.9. The van der Waals surface area contributed by atoms with E-state index in [2.05, 4.69) is 27.4 Å². The summed E-state index contributed by atoms with van der Waals surface area (Å²) in [6.07, 6.45) is 6.50. The summed E-state index contributed by atoms with van der Waals surface area (Å²) in [6, 6.07) is 0.325. The fraction of sp³-hybridized carbons (Fsp3) is 0.583. The fourth-order valence-corrected chi connectivity index (χ4v) is 2.36. The van der Waals surface area contributed by atoms with E-state index in [1.54, 1.807) is 12.4 Å². The Morgan fingerprint density at radius 1 is 1.44 bits per heavy atom. The topological polar surface area (TPSA) is 64.3 Å². The van der Waals surface area contributed by atoms with Gasteiger partial charge >= 0.3 is 0 Å². The Morgan fingerprint density at radius 3 is 3.28 bits per heavy atom. The molecule has 0 saturated carbocycles. The summed E-state index contributed by atoms with van der Waals surface area (Å²) in [5.74, 6) is 1.22. The van der Waals surface area contributed by atoms with E-state index in [0.29, 0.717) is 12.6 Å². The van der Waals surface area contributed by atoms with Crippen LogP contribution in [-0.4, -0.2) is 45.4 Å². The number of aromatic nitrogens is 4. The average Bonchev–Trinajstić information content (AvgIpc) is 3.02. The Hall–Kier alpha value is -1.53. The van der Waals surface area contributed by atoms with Gasteiger partial charge in [0.05, 0.1) is 25.3 Å². The zero-order chi connectivity index (χ0) is 12.4. The SMILES string of the molecule is CCCNC1COCC1c1nnc2cnccn12. The van der Waals surface area contributed by atoms with Crippen LogP contribution in [0.25, 0.3) is 5.65 Å². The molecule has 1 saturated heterocycles. The van der Waals surface area contributed by atoms with Crippen LogP contribution < -0.4 is 5.32 Å². The molecule has 2 aromatic rings. The van der Waals surface area contributed by atoms with Crippen LogP contribution in [0.1, 0.15) is 25.1 Å². The second-order valence-electron chi connectivity index (χ2n) is 4.57. The molecule has 6 nitrogen and oxygen atoms in total. The van der Waals surface area contributed by atoms with Crippen molar-refractivity contribution in [3.05, 3.63) is 24.4 Å². The van der Waals surface area contributed by atoms with Gasteiger partial charge in [-0.2, -0.15) is 0 Å². The van der Waals surface area contributed by atoms with Crippen molar-refractivity contribution in [1.82, 2.24) is 24.9 Å². The van der Waals surface area contributed by atoms with E-state index in [4.69, 9.17) is 4.74 Å². The van der Waals surface area contributed by atoms with Gasteiger partial charge in [-0.05, 0) is 13.0 Å². The third kappa shape index (κ3) is 1.97. The van der Waals surface area contributed by atoms with E-state index < -0.39 is 0 Å². The molecule has 0 spiro atoms. The lowest BCUT2D eigenvalue weighted by Gasteiger charge is -2.17. The number of hydrogen-bond donors (Lipinski definition) is 1. The first kappa shape index (κ1) is 11.6. The van der Waals surface area contributed by atoms with E-state index in [0.717, 1.165) is 31.0 Å². The highest BCUT2D eigenvalue weighted by Gasteiger charge is 2.32. The molecule has 6 heteroatoms. The molecule has 2 unspecified atom stereocenters. The van der Waals surface area contributed by atoms with Crippen molar-refractivity contribution in [1.29, 1.82) is 0 Å². The van der Waals surface area contributed by atoms with Gasteiger partial charge < -0.3 is 10.1 Å². The third-order valence-electron chi connectivity index (χ3n) is 3.31. The second kappa shape index (κ2) is 4.99. The molecule has 1 aliphatic rings. The molecular formula is C12H17N5O. The van der Waals surface area contributed by atoms with Crippen molar-refractivity contribution in [3.8, 4) is 0 Å². The van der Waals surface area contributed by atoms with Crippen LogP contribution in [0.4, 0.5) is 0 Å². The van der Waals surface area contributed by atoms with Gasteiger partial charge in [-0.3, -0.25) is 9.38 Å². The van der Waals surface area contributed by atoms with Gasteiger partial charge in [0.15, 0.2) is 5.65 Å². The van der Waals surface area contributed by atoms with Crippen LogP contribution in [-0.2, 0) is 4.74 Å². The molecule has 96 valence electrons. The molecule has 0 amide bonds. The van der Waals surface area contributed by atoms with Gasteiger partial charge in [0.25, 0.3) is 0 Å². The van der Waals surface area contributed by atoms with Crippen molar-refractivity contribution in [2.75, 3.05) is 19.8 Å². The summed E-state index contributed by atoms with van der Waals surface area (Å²) in [4.78, 5) is 4.05. The minimum absolute atomic E-state index is 0.258. The molecule has 3 rings (SSSR count). The van der Waals surface area contributed by atoms with Crippen LogP contribution in [0, 0.1) is 0 Å². The molecule has 0 radical (unpaired) electrons. The molecule has 3 heterocycles. The molecule has 0 bridgehead atoms. The van der Waals surface area contributed by atoms with Crippen molar-refractivity contribution in [2.24, 2.45) is 0 Å². The lowest BCUT2D eigenvalue weighted by Crippen LogP contribution is -2.35. The summed E-state index contributed by atoms with van der Waals surface area (Å²) in [5.41, 5.74) is 0.786. The van der Waals surface area contributed by atoms with Crippen molar-refractivity contribution < 1.29 is 4.74 Å². The van der Waals surface area contributed by atoms with Crippen molar-refractivity contribution >= 4 is 5.65 Å². The Bertz CT molecular complexity index is 526. The van der Waals surface area contributed by atoms with E-state index >= 15 is 0 Å². The van der Waals surface area contributed by atoms with Crippen LogP contribution in [0.5, 0.6) is 0 Å². The maximum Gasteiger partial charge on any atom is 0.179 e. The van der Waals surface area contributed by atoms with Gasteiger partial charge in [-0.15, -0.1) is 10.2 Å². The summed E-state index contributed by atoms with van der Waals surface area (Å²) < 4.78 is 7.57. The molecule has 2 aromatic heterocycles. The maximum atomic E-state index is 5.58. The normalized spacial score (nSPS) is 23.8. The highest BCUT2D eigenvalue weighted by atomic mass is 16.5. The summed E-state index contributed by atoms with van der Waals surface area (Å²) >= 11 is 0. The lowest BCUT2D eigenvalue weighted by molar-refractivity contribution is 0.187. The van der Waals surface area contributed by atoms with Crippen LogP contribution in [0.3, 0.4) is 0 Å². The Balaban J connectivity index is 1.88. The number of nitrogens with one attached hydrogen (secondary N) is 1. The molecular weight excluding hydrogens is 230 g/mol. The van der Waals surface area contributed by atoms with Crippen molar-refractivity contribution in [2.45, 2.75) is 25.3 Å². The number of hydrogen-bond acceptors (Lipinski definition) is 5.